The Bertz CT molecular complexity index is 892. The molecule has 1 amide bonds. The second-order valence-electron chi connectivity index (χ2n) is 6.14. The molecule has 3 rings (SSSR count). The summed E-state index contributed by atoms with van der Waals surface area (Å²) in [6.45, 7) is 6.54. The van der Waals surface area contributed by atoms with E-state index in [1.165, 1.54) is 4.80 Å². The average molecular weight is 326 g/mol. The van der Waals surface area contributed by atoms with Crippen LogP contribution in [0.4, 0.5) is 0 Å². The highest BCUT2D eigenvalue weighted by Gasteiger charge is 2.19. The van der Waals surface area contributed by atoms with Crippen molar-refractivity contribution in [1.29, 1.82) is 0 Å². The number of hydrogen-bond donors (Lipinski definition) is 1. The van der Waals surface area contributed by atoms with E-state index >= 15 is 0 Å². The normalized spacial score (nSPS) is 11.2. The van der Waals surface area contributed by atoms with Gasteiger partial charge >= 0.3 is 0 Å². The standard InChI is InChI=1S/C18H22N4O2/c1-11-7-8-12(2)16-15(11)13(3)17(24-16)18(23)19-9-5-6-14-10-20-22(4)21-14/h7-8,10H,5-6,9H2,1-4H3,(H,19,23). The summed E-state index contributed by atoms with van der Waals surface area (Å²) in [5.41, 5.74) is 4.80. The van der Waals surface area contributed by atoms with Gasteiger partial charge in [0, 0.05) is 24.5 Å². The Morgan fingerprint density at radius 2 is 2.00 bits per heavy atom. The van der Waals surface area contributed by atoms with Gasteiger partial charge in [0.15, 0.2) is 5.76 Å². The molecule has 0 spiro atoms. The van der Waals surface area contributed by atoms with Crippen LogP contribution in [0.15, 0.2) is 22.7 Å². The maximum atomic E-state index is 12.4. The van der Waals surface area contributed by atoms with E-state index in [9.17, 15) is 4.79 Å². The number of fused-ring (bicyclic) bond motifs is 1. The molecular formula is C18H22N4O2. The minimum atomic E-state index is -0.165. The zero-order chi connectivity index (χ0) is 17.3. The summed E-state index contributed by atoms with van der Waals surface area (Å²) in [4.78, 5) is 14.0. The topological polar surface area (TPSA) is 73.0 Å². The first-order valence-electron chi connectivity index (χ1n) is 8.10. The van der Waals surface area contributed by atoms with Crippen LogP contribution >= 0.6 is 0 Å². The molecule has 0 fully saturated rings. The number of rotatable bonds is 5. The molecular weight excluding hydrogens is 304 g/mol. The van der Waals surface area contributed by atoms with E-state index in [2.05, 4.69) is 21.6 Å². The van der Waals surface area contributed by atoms with Gasteiger partial charge in [-0.25, -0.2) is 0 Å². The van der Waals surface area contributed by atoms with Gasteiger partial charge in [-0.1, -0.05) is 12.1 Å². The quantitative estimate of drug-likeness (QED) is 0.732. The average Bonchev–Trinajstić information content (AvgIpc) is 3.12. The molecule has 0 unspecified atom stereocenters. The van der Waals surface area contributed by atoms with E-state index < -0.39 is 0 Å². The van der Waals surface area contributed by atoms with Crippen LogP contribution in [-0.4, -0.2) is 27.4 Å². The number of nitrogens with zero attached hydrogens (tertiary/aromatic N) is 3. The number of hydrogen-bond acceptors (Lipinski definition) is 4. The number of amides is 1. The van der Waals surface area contributed by atoms with Gasteiger partial charge in [0.25, 0.3) is 5.91 Å². The van der Waals surface area contributed by atoms with Crippen molar-refractivity contribution < 1.29 is 9.21 Å². The molecule has 0 atom stereocenters. The first-order chi connectivity index (χ1) is 11.5. The Hall–Kier alpha value is -2.63. The van der Waals surface area contributed by atoms with Gasteiger partial charge in [-0.05, 0) is 44.7 Å². The van der Waals surface area contributed by atoms with Crippen LogP contribution in [0.5, 0.6) is 0 Å². The second-order valence-corrected chi connectivity index (χ2v) is 6.14. The van der Waals surface area contributed by atoms with Crippen molar-refractivity contribution in [3.8, 4) is 0 Å². The van der Waals surface area contributed by atoms with Crippen LogP contribution in [0.25, 0.3) is 11.0 Å². The highest BCUT2D eigenvalue weighted by molar-refractivity contribution is 6.00. The van der Waals surface area contributed by atoms with E-state index in [4.69, 9.17) is 4.42 Å². The van der Waals surface area contributed by atoms with Crippen molar-refractivity contribution in [2.75, 3.05) is 6.54 Å². The van der Waals surface area contributed by atoms with E-state index in [0.717, 1.165) is 46.2 Å². The number of aromatic nitrogens is 3. The molecule has 1 aromatic carbocycles. The van der Waals surface area contributed by atoms with Gasteiger partial charge in [-0.2, -0.15) is 15.0 Å². The first-order valence-corrected chi connectivity index (χ1v) is 8.10. The van der Waals surface area contributed by atoms with E-state index in [1.54, 1.807) is 13.2 Å². The summed E-state index contributed by atoms with van der Waals surface area (Å²) in [5.74, 6) is 0.239. The van der Waals surface area contributed by atoms with Crippen molar-refractivity contribution in [1.82, 2.24) is 20.3 Å². The third-order valence-electron chi connectivity index (χ3n) is 4.23. The van der Waals surface area contributed by atoms with Crippen molar-refractivity contribution in [3.05, 3.63) is 46.5 Å². The summed E-state index contributed by atoms with van der Waals surface area (Å²) < 4.78 is 5.85. The van der Waals surface area contributed by atoms with Crippen molar-refractivity contribution in [3.63, 3.8) is 0 Å². The highest BCUT2D eigenvalue weighted by atomic mass is 16.3. The Balaban J connectivity index is 1.67. The van der Waals surface area contributed by atoms with Gasteiger partial charge in [0.1, 0.15) is 5.58 Å². The summed E-state index contributed by atoms with van der Waals surface area (Å²) >= 11 is 0. The molecule has 0 saturated carbocycles. The third kappa shape index (κ3) is 3.04. The summed E-state index contributed by atoms with van der Waals surface area (Å²) in [6, 6.07) is 4.08. The smallest absolute Gasteiger partial charge is 0.287 e. The van der Waals surface area contributed by atoms with Gasteiger partial charge < -0.3 is 9.73 Å². The van der Waals surface area contributed by atoms with Crippen molar-refractivity contribution in [2.24, 2.45) is 7.05 Å². The number of benzene rings is 1. The van der Waals surface area contributed by atoms with E-state index in [0.29, 0.717) is 12.3 Å². The van der Waals surface area contributed by atoms with Gasteiger partial charge in [0.2, 0.25) is 0 Å². The predicted octanol–water partition coefficient (Wildman–Crippen LogP) is 2.85. The molecule has 0 aliphatic carbocycles. The van der Waals surface area contributed by atoms with E-state index in [1.807, 2.05) is 26.8 Å². The van der Waals surface area contributed by atoms with Crippen LogP contribution in [0.2, 0.25) is 0 Å². The molecule has 1 N–H and O–H groups in total. The van der Waals surface area contributed by atoms with Crippen molar-refractivity contribution in [2.45, 2.75) is 33.6 Å². The summed E-state index contributed by atoms with van der Waals surface area (Å²) in [7, 11) is 1.79. The van der Waals surface area contributed by atoms with Crippen LogP contribution in [0.3, 0.4) is 0 Å². The largest absolute Gasteiger partial charge is 0.450 e. The Morgan fingerprint density at radius 3 is 2.67 bits per heavy atom. The molecule has 0 aliphatic rings. The molecule has 0 saturated heterocycles. The number of aryl methyl sites for hydroxylation is 5. The molecule has 2 aromatic heterocycles. The van der Waals surface area contributed by atoms with Crippen LogP contribution < -0.4 is 5.32 Å². The maximum absolute atomic E-state index is 12.4. The number of furan rings is 1. The first kappa shape index (κ1) is 16.2. The zero-order valence-corrected chi connectivity index (χ0v) is 14.5. The fraction of sp³-hybridized carbons (Fsp3) is 0.389. The molecule has 6 nitrogen and oxygen atoms in total. The molecule has 6 heteroatoms. The summed E-state index contributed by atoms with van der Waals surface area (Å²) in [5, 5.41) is 12.2. The van der Waals surface area contributed by atoms with Crippen LogP contribution in [0, 0.1) is 20.8 Å². The van der Waals surface area contributed by atoms with Gasteiger partial charge in [0.05, 0.1) is 11.9 Å². The lowest BCUT2D eigenvalue weighted by atomic mass is 10.0. The predicted molar refractivity (Wildman–Crippen MR) is 92.1 cm³/mol. The number of carbonyl (C=O) groups is 1. The Morgan fingerprint density at radius 1 is 1.25 bits per heavy atom. The lowest BCUT2D eigenvalue weighted by Gasteiger charge is -2.03. The molecule has 3 aromatic rings. The minimum absolute atomic E-state index is 0.165. The van der Waals surface area contributed by atoms with Crippen LogP contribution in [0.1, 0.15) is 39.4 Å². The maximum Gasteiger partial charge on any atom is 0.287 e. The molecule has 24 heavy (non-hydrogen) atoms. The lowest BCUT2D eigenvalue weighted by molar-refractivity contribution is 0.0927. The second kappa shape index (κ2) is 6.47. The molecule has 0 aliphatic heterocycles. The third-order valence-corrected chi connectivity index (χ3v) is 4.23. The number of carbonyl (C=O) groups excluding carboxylic acids is 1. The minimum Gasteiger partial charge on any atom is -0.450 e. The van der Waals surface area contributed by atoms with Crippen molar-refractivity contribution >= 4 is 16.9 Å². The van der Waals surface area contributed by atoms with Gasteiger partial charge in [-0.3, -0.25) is 4.79 Å². The molecule has 0 radical (unpaired) electrons. The fourth-order valence-electron chi connectivity index (χ4n) is 2.95. The Labute approximate surface area is 140 Å². The molecule has 126 valence electrons. The monoisotopic (exact) mass is 326 g/mol. The van der Waals surface area contributed by atoms with Crippen LogP contribution in [-0.2, 0) is 13.5 Å². The molecule has 2 heterocycles. The van der Waals surface area contributed by atoms with Gasteiger partial charge in [-0.15, -0.1) is 0 Å². The molecule has 0 bridgehead atoms. The summed E-state index contributed by atoms with van der Waals surface area (Å²) in [6.07, 6.45) is 3.34. The zero-order valence-electron chi connectivity index (χ0n) is 14.5. The SMILES string of the molecule is Cc1ccc(C)c2c(C)c(C(=O)NCCCc3cnn(C)n3)oc12. The lowest BCUT2D eigenvalue weighted by Crippen LogP contribution is -2.25. The highest BCUT2D eigenvalue weighted by Crippen LogP contribution is 2.30. The number of nitrogens with one attached hydrogen (secondary N) is 1. The Kier molecular flexibility index (Phi) is 4.38. The fourth-order valence-corrected chi connectivity index (χ4v) is 2.95. The van der Waals surface area contributed by atoms with E-state index in [-0.39, 0.29) is 5.91 Å².